The monoisotopic (exact) mass is 514 g/mol. The number of aromatic nitrogens is 3. The topological polar surface area (TPSA) is 124 Å². The Morgan fingerprint density at radius 3 is 2.50 bits per heavy atom. The number of rotatable bonds is 6. The molecule has 0 bridgehead atoms. The van der Waals surface area contributed by atoms with Gasteiger partial charge in [0.15, 0.2) is 11.5 Å². The predicted molar refractivity (Wildman–Crippen MR) is 144 cm³/mol. The van der Waals surface area contributed by atoms with Crippen LogP contribution in [0.4, 0.5) is 5.82 Å². The number of pyridine rings is 1. The first-order valence-electron chi connectivity index (χ1n) is 13.1. The minimum atomic E-state index is -0.369. The van der Waals surface area contributed by atoms with Crippen molar-refractivity contribution in [2.75, 3.05) is 24.6 Å². The molecule has 5 rings (SSSR count). The lowest BCUT2D eigenvalue weighted by atomic mass is 9.49. The number of aliphatic hydroxyl groups excluding tert-OH is 1. The van der Waals surface area contributed by atoms with Gasteiger partial charge in [-0.3, -0.25) is 9.78 Å². The molecule has 0 atom stereocenters. The van der Waals surface area contributed by atoms with Gasteiger partial charge in [-0.05, 0) is 55.2 Å². The van der Waals surface area contributed by atoms with Crippen molar-refractivity contribution in [3.63, 3.8) is 0 Å². The molecule has 2 fully saturated rings. The number of carbonyl (C=O) groups is 1. The molecule has 2 aliphatic rings. The Balaban J connectivity index is 1.28. The van der Waals surface area contributed by atoms with E-state index in [-0.39, 0.29) is 41.2 Å². The van der Waals surface area contributed by atoms with Crippen LogP contribution in [0.3, 0.4) is 0 Å². The van der Waals surface area contributed by atoms with Gasteiger partial charge in [0.2, 0.25) is 0 Å². The van der Waals surface area contributed by atoms with Gasteiger partial charge in [0, 0.05) is 48.2 Å². The maximum atomic E-state index is 13.2. The highest BCUT2D eigenvalue weighted by molar-refractivity contribution is 5.92. The van der Waals surface area contributed by atoms with Gasteiger partial charge < -0.3 is 20.1 Å². The highest BCUT2D eigenvalue weighted by Crippen LogP contribution is 2.56. The number of ether oxygens (including phenoxy) is 1. The number of nitrogens with zero attached hydrogens (tertiary/aromatic N) is 5. The van der Waals surface area contributed by atoms with E-state index in [2.05, 4.69) is 59.2 Å². The van der Waals surface area contributed by atoms with Gasteiger partial charge in [-0.15, -0.1) is 10.2 Å². The summed E-state index contributed by atoms with van der Waals surface area (Å²) >= 11 is 0. The van der Waals surface area contributed by atoms with E-state index < -0.39 is 0 Å². The SMILES string of the molecule is CC1(C)C(NC(=O)c2ccc(N3CCC(CO)CC3)nn2)C(C)(C)C1Oc1ccc(C#N)c2ncccc12. The highest BCUT2D eigenvalue weighted by Gasteiger charge is 2.64. The van der Waals surface area contributed by atoms with Crippen LogP contribution < -0.4 is 15.0 Å². The zero-order chi connectivity index (χ0) is 27.1. The van der Waals surface area contributed by atoms with E-state index in [0.717, 1.165) is 37.1 Å². The Bertz CT molecular complexity index is 1360. The summed E-state index contributed by atoms with van der Waals surface area (Å²) in [7, 11) is 0. The number of nitrogens with one attached hydrogen (secondary N) is 1. The molecule has 9 nitrogen and oxygen atoms in total. The van der Waals surface area contributed by atoms with E-state index in [1.54, 1.807) is 18.3 Å². The Kier molecular flexibility index (Phi) is 6.70. The molecule has 0 spiro atoms. The molecule has 3 heterocycles. The van der Waals surface area contributed by atoms with Crippen molar-refractivity contribution in [2.45, 2.75) is 52.7 Å². The smallest absolute Gasteiger partial charge is 0.272 e. The van der Waals surface area contributed by atoms with Crippen LogP contribution in [0.2, 0.25) is 0 Å². The summed E-state index contributed by atoms with van der Waals surface area (Å²) in [6.45, 7) is 10.2. The van der Waals surface area contributed by atoms with E-state index in [1.807, 2.05) is 24.3 Å². The minimum absolute atomic E-state index is 0.158. The normalized spacial score (nSPS) is 22.4. The lowest BCUT2D eigenvalue weighted by Crippen LogP contribution is -2.74. The average molecular weight is 515 g/mol. The number of hydrogen-bond donors (Lipinski definition) is 2. The van der Waals surface area contributed by atoms with E-state index >= 15 is 0 Å². The van der Waals surface area contributed by atoms with Crippen LogP contribution in [0.5, 0.6) is 5.75 Å². The van der Waals surface area contributed by atoms with Gasteiger partial charge in [-0.1, -0.05) is 27.7 Å². The number of benzene rings is 1. The lowest BCUT2D eigenvalue weighted by molar-refractivity contribution is -0.163. The second kappa shape index (κ2) is 9.84. The number of hydrogen-bond acceptors (Lipinski definition) is 8. The second-order valence-corrected chi connectivity index (χ2v) is 11.6. The molecule has 1 aromatic carbocycles. The molecule has 1 aliphatic heterocycles. The summed E-state index contributed by atoms with van der Waals surface area (Å²) in [6.07, 6.45) is 3.32. The van der Waals surface area contributed by atoms with Crippen molar-refractivity contribution >= 4 is 22.6 Å². The van der Waals surface area contributed by atoms with Gasteiger partial charge >= 0.3 is 0 Å². The molecule has 1 saturated carbocycles. The third-order valence-corrected chi connectivity index (χ3v) is 8.29. The summed E-state index contributed by atoms with van der Waals surface area (Å²) in [6, 6.07) is 12.9. The molecule has 38 heavy (non-hydrogen) atoms. The fraction of sp³-hybridized carbons (Fsp3) is 0.483. The van der Waals surface area contributed by atoms with Crippen LogP contribution in [0.1, 0.15) is 56.6 Å². The summed E-state index contributed by atoms with van der Waals surface area (Å²) in [5.41, 5.74) is 0.663. The average Bonchev–Trinajstić information content (AvgIpc) is 2.94. The van der Waals surface area contributed by atoms with E-state index in [9.17, 15) is 15.2 Å². The Hall–Kier alpha value is -3.77. The van der Waals surface area contributed by atoms with Crippen molar-refractivity contribution in [3.8, 4) is 11.8 Å². The van der Waals surface area contributed by atoms with Crippen molar-refractivity contribution in [1.29, 1.82) is 5.26 Å². The molecule has 198 valence electrons. The molecule has 1 aliphatic carbocycles. The van der Waals surface area contributed by atoms with Gasteiger partial charge in [-0.2, -0.15) is 5.26 Å². The van der Waals surface area contributed by atoms with Crippen LogP contribution >= 0.6 is 0 Å². The maximum Gasteiger partial charge on any atom is 0.272 e. The van der Waals surface area contributed by atoms with Gasteiger partial charge in [0.25, 0.3) is 5.91 Å². The number of piperidine rings is 1. The maximum absolute atomic E-state index is 13.2. The number of anilines is 1. The summed E-state index contributed by atoms with van der Waals surface area (Å²) in [5, 5.41) is 31.3. The summed E-state index contributed by atoms with van der Waals surface area (Å²) in [5.74, 6) is 1.51. The van der Waals surface area contributed by atoms with Crippen LogP contribution in [0, 0.1) is 28.1 Å². The van der Waals surface area contributed by atoms with Crippen LogP contribution in [0.25, 0.3) is 10.9 Å². The third kappa shape index (κ3) is 4.43. The quantitative estimate of drug-likeness (QED) is 0.510. The number of aliphatic hydroxyl groups is 1. The van der Waals surface area contributed by atoms with Crippen molar-refractivity contribution in [3.05, 3.63) is 53.9 Å². The molecule has 1 saturated heterocycles. The predicted octanol–water partition coefficient (Wildman–Crippen LogP) is 3.72. The molecule has 3 aromatic rings. The number of carbonyl (C=O) groups excluding carboxylic acids is 1. The van der Waals surface area contributed by atoms with Crippen LogP contribution in [-0.2, 0) is 0 Å². The Morgan fingerprint density at radius 1 is 1.13 bits per heavy atom. The Morgan fingerprint density at radius 2 is 1.87 bits per heavy atom. The number of fused-ring (bicyclic) bond motifs is 1. The fourth-order valence-electron chi connectivity index (χ4n) is 6.43. The van der Waals surface area contributed by atoms with E-state index in [4.69, 9.17) is 4.74 Å². The standard InChI is InChI=1S/C29H34N6O3/c1-28(2)26(32-25(37)21-8-10-23(34-33-21)35-14-11-18(17-36)12-15-35)29(3,4)27(28)38-22-9-7-19(16-30)24-20(22)6-5-13-31-24/h5-10,13,18,26-27,36H,11-12,14-15,17H2,1-4H3,(H,32,37). The number of amides is 1. The van der Waals surface area contributed by atoms with Crippen LogP contribution in [0.15, 0.2) is 42.6 Å². The molecule has 9 heteroatoms. The van der Waals surface area contributed by atoms with Gasteiger partial charge in [0.05, 0.1) is 11.1 Å². The van der Waals surface area contributed by atoms with Crippen molar-refractivity contribution in [1.82, 2.24) is 20.5 Å². The molecular formula is C29H34N6O3. The van der Waals surface area contributed by atoms with Crippen LogP contribution in [-0.4, -0.2) is 58.0 Å². The second-order valence-electron chi connectivity index (χ2n) is 11.6. The van der Waals surface area contributed by atoms with Crippen molar-refractivity contribution in [2.24, 2.45) is 16.7 Å². The molecular weight excluding hydrogens is 480 g/mol. The largest absolute Gasteiger partial charge is 0.488 e. The highest BCUT2D eigenvalue weighted by atomic mass is 16.5. The summed E-state index contributed by atoms with van der Waals surface area (Å²) in [4.78, 5) is 19.7. The first-order valence-corrected chi connectivity index (χ1v) is 13.1. The van der Waals surface area contributed by atoms with Gasteiger partial charge in [0.1, 0.15) is 17.9 Å². The number of nitriles is 1. The third-order valence-electron chi connectivity index (χ3n) is 8.29. The van der Waals surface area contributed by atoms with E-state index in [1.165, 1.54) is 0 Å². The first kappa shape index (κ1) is 25.9. The molecule has 0 unspecified atom stereocenters. The molecule has 2 aromatic heterocycles. The van der Waals surface area contributed by atoms with Crippen molar-refractivity contribution < 1.29 is 14.6 Å². The molecule has 1 amide bonds. The molecule has 2 N–H and O–H groups in total. The van der Waals surface area contributed by atoms with E-state index in [0.29, 0.717) is 22.7 Å². The first-order chi connectivity index (χ1) is 18.2. The fourth-order valence-corrected chi connectivity index (χ4v) is 6.43. The zero-order valence-corrected chi connectivity index (χ0v) is 22.3. The zero-order valence-electron chi connectivity index (χ0n) is 22.3. The minimum Gasteiger partial charge on any atom is -0.488 e. The lowest BCUT2D eigenvalue weighted by Gasteiger charge is -2.63. The Labute approximate surface area is 222 Å². The summed E-state index contributed by atoms with van der Waals surface area (Å²) < 4.78 is 6.56. The molecule has 0 radical (unpaired) electrons. The van der Waals surface area contributed by atoms with Gasteiger partial charge in [-0.25, -0.2) is 0 Å².